The maximum absolute atomic E-state index is 7.00. The van der Waals surface area contributed by atoms with Crippen LogP contribution in [0.4, 0.5) is 0 Å². The van der Waals surface area contributed by atoms with E-state index in [1.54, 1.807) is 0 Å². The van der Waals surface area contributed by atoms with Crippen LogP contribution in [0.1, 0.15) is 41.2 Å². The molecule has 0 amide bonds. The maximum Gasteiger partial charge on any atom is 0.126 e. The van der Waals surface area contributed by atoms with Gasteiger partial charge in [0.1, 0.15) is 18.1 Å². The number of hydrogen-bond donors (Lipinski definition) is 1. The van der Waals surface area contributed by atoms with Gasteiger partial charge in [0.05, 0.1) is 6.10 Å². The van der Waals surface area contributed by atoms with Crippen molar-refractivity contribution in [2.45, 2.75) is 53.2 Å². The Morgan fingerprint density at radius 2 is 1.71 bits per heavy atom. The quantitative estimate of drug-likeness (QED) is 0.901. The summed E-state index contributed by atoms with van der Waals surface area (Å²) in [7, 11) is 1.00. The highest BCUT2D eigenvalue weighted by Gasteiger charge is 2.24. The molecule has 0 spiro atoms. The first-order chi connectivity index (χ1) is 11.6. The predicted octanol–water partition coefficient (Wildman–Crippen LogP) is 4.51. The molecule has 1 unspecified atom stereocenters. The van der Waals surface area contributed by atoms with Crippen molar-refractivity contribution in [1.82, 2.24) is 0 Å². The normalized spacial score (nSPS) is 15.7. The largest absolute Gasteiger partial charge is 0.490 e. The molecule has 0 aliphatic carbocycles. The van der Waals surface area contributed by atoms with Crippen LogP contribution in [-0.2, 0) is 13.0 Å². The Labute approximate surface area is 145 Å². The lowest BCUT2D eigenvalue weighted by Crippen LogP contribution is -2.21. The summed E-state index contributed by atoms with van der Waals surface area (Å²) in [5.41, 5.74) is 6.17. The van der Waals surface area contributed by atoms with Gasteiger partial charge in [0.15, 0.2) is 0 Å². The van der Waals surface area contributed by atoms with Gasteiger partial charge in [-0.25, -0.2) is 0 Å². The lowest BCUT2D eigenvalue weighted by Gasteiger charge is -2.29. The molecule has 2 aromatic carbocycles. The van der Waals surface area contributed by atoms with E-state index < -0.39 is 0 Å². The minimum Gasteiger partial charge on any atom is -0.490 e. The third-order valence-corrected chi connectivity index (χ3v) is 4.66. The number of rotatable bonds is 3. The Morgan fingerprint density at radius 1 is 1.04 bits per heavy atom. The molecule has 3 heteroatoms. The zero-order valence-corrected chi connectivity index (χ0v) is 15.3. The number of aliphatic hydroxyl groups excluding tert-OH is 1. The second kappa shape index (κ2) is 8.20. The van der Waals surface area contributed by atoms with Gasteiger partial charge in [-0.15, -0.1) is 0 Å². The third-order valence-electron chi connectivity index (χ3n) is 4.66. The average molecular weight is 328 g/mol. The van der Waals surface area contributed by atoms with Crippen LogP contribution >= 0.6 is 0 Å². The minimum atomic E-state index is 0.307. The van der Waals surface area contributed by atoms with Crippen molar-refractivity contribution in [3.63, 3.8) is 0 Å². The summed E-state index contributed by atoms with van der Waals surface area (Å²) in [6, 6.07) is 10.3. The van der Waals surface area contributed by atoms with Crippen LogP contribution in [0.25, 0.3) is 0 Å². The highest BCUT2D eigenvalue weighted by Crippen LogP contribution is 2.41. The second-order valence-corrected chi connectivity index (χ2v) is 6.25. The summed E-state index contributed by atoms with van der Waals surface area (Å²) in [4.78, 5) is 0. The van der Waals surface area contributed by atoms with E-state index in [0.29, 0.717) is 12.7 Å². The van der Waals surface area contributed by atoms with Crippen molar-refractivity contribution < 1.29 is 14.6 Å². The number of hydrogen-bond acceptors (Lipinski definition) is 3. The third kappa shape index (κ3) is 3.73. The molecular formula is C21H28O3. The van der Waals surface area contributed by atoms with Gasteiger partial charge in [-0.1, -0.05) is 30.3 Å². The molecular weight excluding hydrogens is 300 g/mol. The maximum atomic E-state index is 7.00. The SMILES string of the molecule is CO.Cc1c(C)c2c(c(C)c1OCc1ccccc1)CCC(C)O2. The molecule has 1 heterocycles. The summed E-state index contributed by atoms with van der Waals surface area (Å²) >= 11 is 0. The van der Waals surface area contributed by atoms with Crippen molar-refractivity contribution in [2.75, 3.05) is 7.11 Å². The number of aliphatic hydroxyl groups is 1. The van der Waals surface area contributed by atoms with Gasteiger partial charge in [0.2, 0.25) is 0 Å². The van der Waals surface area contributed by atoms with Crippen LogP contribution in [0.5, 0.6) is 11.5 Å². The number of fused-ring (bicyclic) bond motifs is 1. The van der Waals surface area contributed by atoms with E-state index in [2.05, 4.69) is 39.8 Å². The molecule has 0 radical (unpaired) electrons. The zero-order chi connectivity index (χ0) is 17.7. The highest BCUT2D eigenvalue weighted by molar-refractivity contribution is 5.58. The van der Waals surface area contributed by atoms with Crippen molar-refractivity contribution in [3.8, 4) is 11.5 Å². The monoisotopic (exact) mass is 328 g/mol. The molecule has 1 N–H and O–H groups in total. The molecule has 0 fully saturated rings. The average Bonchev–Trinajstić information content (AvgIpc) is 2.62. The zero-order valence-electron chi connectivity index (χ0n) is 15.3. The Morgan fingerprint density at radius 3 is 2.38 bits per heavy atom. The molecule has 1 atom stereocenters. The lowest BCUT2D eigenvalue weighted by atomic mass is 9.92. The van der Waals surface area contributed by atoms with Crippen molar-refractivity contribution in [2.24, 2.45) is 0 Å². The summed E-state index contributed by atoms with van der Waals surface area (Å²) in [5, 5.41) is 7.00. The van der Waals surface area contributed by atoms with Gasteiger partial charge < -0.3 is 14.6 Å². The van der Waals surface area contributed by atoms with Crippen LogP contribution < -0.4 is 9.47 Å². The standard InChI is InChI=1S/C20H24O2.CH4O/c1-13-10-11-18-16(4)19(14(2)15(3)20(18)22-13)21-12-17-8-6-5-7-9-17;1-2/h5-9,13H,10-12H2,1-4H3;2H,1H3. The number of benzene rings is 2. The summed E-state index contributed by atoms with van der Waals surface area (Å²) in [6.07, 6.45) is 2.46. The Bertz CT molecular complexity index is 677. The first kappa shape index (κ1) is 18.3. The van der Waals surface area contributed by atoms with Crippen LogP contribution in [-0.4, -0.2) is 18.3 Å². The lowest BCUT2D eigenvalue weighted by molar-refractivity contribution is 0.189. The Balaban J connectivity index is 0.00000100. The van der Waals surface area contributed by atoms with Gasteiger partial charge in [-0.05, 0) is 62.8 Å². The first-order valence-corrected chi connectivity index (χ1v) is 8.48. The molecule has 0 bridgehead atoms. The highest BCUT2D eigenvalue weighted by atomic mass is 16.5. The Hall–Kier alpha value is -2.00. The predicted molar refractivity (Wildman–Crippen MR) is 98.0 cm³/mol. The van der Waals surface area contributed by atoms with Crippen LogP contribution in [0, 0.1) is 20.8 Å². The van der Waals surface area contributed by atoms with Gasteiger partial charge in [0, 0.05) is 12.7 Å². The molecule has 0 saturated heterocycles. The van der Waals surface area contributed by atoms with Gasteiger partial charge in [0.25, 0.3) is 0 Å². The van der Waals surface area contributed by atoms with Crippen LogP contribution in [0.3, 0.4) is 0 Å². The fraction of sp³-hybridized carbons (Fsp3) is 0.429. The molecule has 0 aromatic heterocycles. The van der Waals surface area contributed by atoms with Gasteiger partial charge in [-0.2, -0.15) is 0 Å². The summed E-state index contributed by atoms with van der Waals surface area (Å²) in [5.74, 6) is 2.11. The van der Waals surface area contributed by atoms with Crippen molar-refractivity contribution in [1.29, 1.82) is 0 Å². The van der Waals surface area contributed by atoms with Crippen LogP contribution in [0.15, 0.2) is 30.3 Å². The van der Waals surface area contributed by atoms with Crippen LogP contribution in [0.2, 0.25) is 0 Å². The van der Waals surface area contributed by atoms with E-state index in [-0.39, 0.29) is 0 Å². The molecule has 2 aromatic rings. The molecule has 1 aliphatic heterocycles. The molecule has 0 saturated carbocycles. The van der Waals surface area contributed by atoms with Gasteiger partial charge in [-0.3, -0.25) is 0 Å². The van der Waals surface area contributed by atoms with E-state index in [4.69, 9.17) is 14.6 Å². The summed E-state index contributed by atoms with van der Waals surface area (Å²) < 4.78 is 12.3. The molecule has 1 aliphatic rings. The topological polar surface area (TPSA) is 38.7 Å². The van der Waals surface area contributed by atoms with E-state index in [1.165, 1.54) is 27.8 Å². The Kier molecular flexibility index (Phi) is 6.27. The smallest absolute Gasteiger partial charge is 0.126 e. The molecule has 130 valence electrons. The summed E-state index contributed by atoms with van der Waals surface area (Å²) in [6.45, 7) is 9.18. The van der Waals surface area contributed by atoms with E-state index in [9.17, 15) is 0 Å². The molecule has 24 heavy (non-hydrogen) atoms. The van der Waals surface area contributed by atoms with Crippen molar-refractivity contribution in [3.05, 3.63) is 58.1 Å². The molecule has 3 rings (SSSR count). The van der Waals surface area contributed by atoms with Gasteiger partial charge >= 0.3 is 0 Å². The first-order valence-electron chi connectivity index (χ1n) is 8.48. The molecule has 3 nitrogen and oxygen atoms in total. The fourth-order valence-electron chi connectivity index (χ4n) is 3.17. The fourth-order valence-corrected chi connectivity index (χ4v) is 3.17. The minimum absolute atomic E-state index is 0.307. The van der Waals surface area contributed by atoms with E-state index in [0.717, 1.165) is 31.5 Å². The number of ether oxygens (including phenoxy) is 2. The second-order valence-electron chi connectivity index (χ2n) is 6.25. The van der Waals surface area contributed by atoms with E-state index >= 15 is 0 Å². The van der Waals surface area contributed by atoms with Crippen molar-refractivity contribution >= 4 is 0 Å². The van der Waals surface area contributed by atoms with E-state index in [1.807, 2.05) is 18.2 Å².